The summed E-state index contributed by atoms with van der Waals surface area (Å²) in [6, 6.07) is 10.9. The number of halogens is 6. The Labute approximate surface area is 181 Å². The van der Waals surface area contributed by atoms with Crippen LogP contribution in [0.1, 0.15) is 40.7 Å². The number of Topliss-reactive ketones (excluding diaryl/α,β-unsaturated/α-hetero) is 1. The van der Waals surface area contributed by atoms with Crippen molar-refractivity contribution in [3.8, 4) is 0 Å². The summed E-state index contributed by atoms with van der Waals surface area (Å²) in [5.41, 5.74) is -2.44. The van der Waals surface area contributed by atoms with Crippen LogP contribution in [0.3, 0.4) is 0 Å². The van der Waals surface area contributed by atoms with Crippen LogP contribution in [0.15, 0.2) is 48.5 Å². The van der Waals surface area contributed by atoms with Gasteiger partial charge >= 0.3 is 6.18 Å². The zero-order valence-electron chi connectivity index (χ0n) is 16.4. The van der Waals surface area contributed by atoms with Crippen LogP contribution in [-0.4, -0.2) is 41.3 Å². The average Bonchev–Trinajstić information content (AvgIpc) is 2.73. The van der Waals surface area contributed by atoms with Gasteiger partial charge in [0.1, 0.15) is 0 Å². The minimum atomic E-state index is -4.67. The number of alkyl halides is 5. The van der Waals surface area contributed by atoms with Gasteiger partial charge in [-0.05, 0) is 30.5 Å². The number of hydrogen-bond donors (Lipinski definition) is 1. The van der Waals surface area contributed by atoms with Gasteiger partial charge in [0.15, 0.2) is 18.3 Å². The summed E-state index contributed by atoms with van der Waals surface area (Å²) in [6.07, 6.45) is -9.21. The predicted octanol–water partition coefficient (Wildman–Crippen LogP) is 5.55. The van der Waals surface area contributed by atoms with Gasteiger partial charge in [-0.15, -0.1) is 0 Å². The third kappa shape index (κ3) is 5.42. The normalized spacial score (nSPS) is 19.1. The second-order valence-corrected chi connectivity index (χ2v) is 8.04. The van der Waals surface area contributed by atoms with E-state index in [9.17, 15) is 31.9 Å². The fraction of sp³-hybridized carbons (Fsp3) is 0.409. The maximum atomic E-state index is 14.6. The lowest BCUT2D eigenvalue weighted by atomic mass is 9.83. The molecule has 168 valence electrons. The predicted molar refractivity (Wildman–Crippen MR) is 106 cm³/mol. The Morgan fingerprint density at radius 3 is 2.29 bits per heavy atom. The third-order valence-corrected chi connectivity index (χ3v) is 5.90. The van der Waals surface area contributed by atoms with Crippen LogP contribution in [0.25, 0.3) is 0 Å². The largest absolute Gasteiger partial charge is 0.417 e. The van der Waals surface area contributed by atoms with Crippen molar-refractivity contribution in [2.75, 3.05) is 13.1 Å². The maximum absolute atomic E-state index is 14.6. The van der Waals surface area contributed by atoms with E-state index in [4.69, 9.17) is 11.6 Å². The molecule has 2 aromatic rings. The standard InChI is InChI=1S/C22H21ClF5NO2/c23-17-7-6-15(12-16(17)22(26,27)28)21(31)8-10-29(11-9-21)19(25)13-18(24)20(30)14-4-2-1-3-5-14/h1-7,12,18-19,31H,8-11,13H2. The highest BCUT2D eigenvalue weighted by Gasteiger charge is 2.40. The van der Waals surface area contributed by atoms with Crippen LogP contribution in [0.5, 0.6) is 0 Å². The molecule has 1 heterocycles. The van der Waals surface area contributed by atoms with Crippen LogP contribution < -0.4 is 0 Å². The molecule has 3 rings (SSSR count). The van der Waals surface area contributed by atoms with Crippen molar-refractivity contribution in [1.29, 1.82) is 0 Å². The molecule has 2 atom stereocenters. The van der Waals surface area contributed by atoms with Crippen molar-refractivity contribution in [1.82, 2.24) is 4.90 Å². The van der Waals surface area contributed by atoms with E-state index in [1.54, 1.807) is 18.2 Å². The second kappa shape index (κ2) is 9.22. The summed E-state index contributed by atoms with van der Waals surface area (Å²) in [4.78, 5) is 13.4. The number of ketones is 1. The summed E-state index contributed by atoms with van der Waals surface area (Å²) in [5, 5.41) is 10.4. The third-order valence-electron chi connectivity index (χ3n) is 5.57. The quantitative estimate of drug-likeness (QED) is 0.348. The van der Waals surface area contributed by atoms with Crippen molar-refractivity contribution in [3.05, 3.63) is 70.2 Å². The molecule has 0 aromatic heterocycles. The molecule has 0 aliphatic carbocycles. The van der Waals surface area contributed by atoms with E-state index in [1.165, 1.54) is 23.1 Å². The zero-order valence-corrected chi connectivity index (χ0v) is 17.1. The molecule has 9 heteroatoms. The molecule has 1 saturated heterocycles. The van der Waals surface area contributed by atoms with Crippen molar-refractivity contribution in [2.45, 2.75) is 43.5 Å². The Morgan fingerprint density at radius 2 is 1.71 bits per heavy atom. The molecule has 1 aliphatic heterocycles. The van der Waals surface area contributed by atoms with Crippen molar-refractivity contribution in [2.24, 2.45) is 0 Å². The van der Waals surface area contributed by atoms with Crippen molar-refractivity contribution < 1.29 is 31.9 Å². The van der Waals surface area contributed by atoms with Gasteiger partial charge in [0.2, 0.25) is 0 Å². The molecule has 1 fully saturated rings. The van der Waals surface area contributed by atoms with E-state index in [0.717, 1.165) is 12.1 Å². The molecule has 2 unspecified atom stereocenters. The molecular formula is C22H21ClF5NO2. The molecule has 3 nitrogen and oxygen atoms in total. The summed E-state index contributed by atoms with van der Waals surface area (Å²) in [5.74, 6) is -0.808. The first-order valence-electron chi connectivity index (χ1n) is 9.72. The zero-order chi connectivity index (χ0) is 22.8. The molecule has 0 radical (unpaired) electrons. The maximum Gasteiger partial charge on any atom is 0.417 e. The molecular weight excluding hydrogens is 441 g/mol. The fourth-order valence-electron chi connectivity index (χ4n) is 3.70. The number of benzene rings is 2. The highest BCUT2D eigenvalue weighted by atomic mass is 35.5. The van der Waals surface area contributed by atoms with Gasteiger partial charge in [0, 0.05) is 25.1 Å². The van der Waals surface area contributed by atoms with E-state index in [1.807, 2.05) is 0 Å². The van der Waals surface area contributed by atoms with Gasteiger partial charge in [0.05, 0.1) is 16.2 Å². The van der Waals surface area contributed by atoms with Crippen LogP contribution >= 0.6 is 11.6 Å². The number of nitrogens with zero attached hydrogens (tertiary/aromatic N) is 1. The summed E-state index contributed by atoms with van der Waals surface area (Å²) >= 11 is 5.63. The summed E-state index contributed by atoms with van der Waals surface area (Å²) in [6.45, 7) is -0.0121. The Kier molecular flexibility index (Phi) is 7.03. The first-order valence-corrected chi connectivity index (χ1v) is 10.1. The van der Waals surface area contributed by atoms with Gasteiger partial charge in [-0.2, -0.15) is 13.2 Å². The number of piperidine rings is 1. The molecule has 0 amide bonds. The number of carbonyl (C=O) groups excluding carboxylic acids is 1. The van der Waals surface area contributed by atoms with Crippen molar-refractivity contribution >= 4 is 17.4 Å². The van der Waals surface area contributed by atoms with Gasteiger partial charge in [0.25, 0.3) is 0 Å². The number of aliphatic hydroxyl groups is 1. The van der Waals surface area contributed by atoms with Crippen molar-refractivity contribution in [3.63, 3.8) is 0 Å². The summed E-state index contributed by atoms with van der Waals surface area (Å²) < 4.78 is 68.3. The number of likely N-dealkylation sites (tertiary alicyclic amines) is 1. The second-order valence-electron chi connectivity index (χ2n) is 7.63. The molecule has 0 bridgehead atoms. The monoisotopic (exact) mass is 461 g/mol. The van der Waals surface area contributed by atoms with E-state index in [2.05, 4.69) is 0 Å². The van der Waals surface area contributed by atoms with Crippen LogP contribution in [-0.2, 0) is 11.8 Å². The number of carbonyl (C=O) groups is 1. The topological polar surface area (TPSA) is 40.5 Å². The molecule has 0 saturated carbocycles. The van der Waals surface area contributed by atoms with E-state index < -0.39 is 47.0 Å². The average molecular weight is 462 g/mol. The smallest absolute Gasteiger partial charge is 0.385 e. The number of hydrogen-bond acceptors (Lipinski definition) is 3. The molecule has 1 aliphatic rings. The summed E-state index contributed by atoms with van der Waals surface area (Å²) in [7, 11) is 0. The van der Waals surface area contributed by atoms with Gasteiger partial charge in [-0.25, -0.2) is 8.78 Å². The molecule has 1 N–H and O–H groups in total. The minimum absolute atomic E-state index is 0.00606. The molecule has 0 spiro atoms. The molecule has 2 aromatic carbocycles. The lowest BCUT2D eigenvalue weighted by Gasteiger charge is -2.40. The Hall–Kier alpha value is -2.03. The number of rotatable bonds is 6. The van der Waals surface area contributed by atoms with E-state index >= 15 is 0 Å². The van der Waals surface area contributed by atoms with E-state index in [-0.39, 0.29) is 37.1 Å². The van der Waals surface area contributed by atoms with Crippen LogP contribution in [0, 0.1) is 0 Å². The highest BCUT2D eigenvalue weighted by molar-refractivity contribution is 6.31. The Balaban J connectivity index is 1.63. The van der Waals surface area contributed by atoms with E-state index in [0.29, 0.717) is 0 Å². The fourth-order valence-corrected chi connectivity index (χ4v) is 3.93. The SMILES string of the molecule is O=C(c1ccccc1)C(F)CC(F)N1CCC(O)(c2ccc(Cl)c(C(F)(F)F)c2)CC1. The first-order chi connectivity index (χ1) is 14.5. The van der Waals surface area contributed by atoms with Gasteiger partial charge in [-0.1, -0.05) is 48.0 Å². The lowest BCUT2D eigenvalue weighted by Crippen LogP contribution is -2.46. The Morgan fingerprint density at radius 1 is 1.10 bits per heavy atom. The van der Waals surface area contributed by atoms with Crippen LogP contribution in [0.4, 0.5) is 22.0 Å². The molecule has 31 heavy (non-hydrogen) atoms. The van der Waals surface area contributed by atoms with Gasteiger partial charge < -0.3 is 5.11 Å². The van der Waals surface area contributed by atoms with Gasteiger partial charge in [-0.3, -0.25) is 9.69 Å². The minimum Gasteiger partial charge on any atom is -0.385 e. The Bertz CT molecular complexity index is 914. The lowest BCUT2D eigenvalue weighted by molar-refractivity contribution is -0.137. The highest BCUT2D eigenvalue weighted by Crippen LogP contribution is 2.40. The van der Waals surface area contributed by atoms with Crippen LogP contribution in [0.2, 0.25) is 5.02 Å². The first kappa shape index (κ1) is 23.6.